The lowest BCUT2D eigenvalue weighted by Crippen LogP contribution is -2.46. The van der Waals surface area contributed by atoms with Crippen LogP contribution in [0, 0.1) is 0 Å². The molecule has 0 saturated carbocycles. The fourth-order valence-electron chi connectivity index (χ4n) is 7.25. The van der Waals surface area contributed by atoms with Crippen LogP contribution in [0.15, 0.2) is 12.2 Å². The van der Waals surface area contributed by atoms with Crippen molar-refractivity contribution in [2.24, 2.45) is 0 Å². The van der Waals surface area contributed by atoms with E-state index in [2.05, 4.69) is 38.2 Å². The summed E-state index contributed by atoms with van der Waals surface area (Å²) in [6.45, 7) is 6.45. The van der Waals surface area contributed by atoms with Crippen molar-refractivity contribution in [3.05, 3.63) is 12.2 Å². The van der Waals surface area contributed by atoms with Crippen molar-refractivity contribution in [1.82, 2.24) is 5.32 Å². The van der Waals surface area contributed by atoms with Crippen LogP contribution >= 0.6 is 0 Å². The maximum absolute atomic E-state index is 13.1. The molecule has 3 atom stereocenters. The molecule has 0 saturated heterocycles. The van der Waals surface area contributed by atoms with Gasteiger partial charge in [0.2, 0.25) is 5.91 Å². The first kappa shape index (κ1) is 51.6. The molecule has 3 N–H and O–H groups in total. The molecule has 0 rings (SSSR count). The number of rotatable bonds is 42. The van der Waals surface area contributed by atoms with E-state index in [4.69, 9.17) is 4.74 Å². The van der Waals surface area contributed by atoms with E-state index in [1.807, 2.05) is 0 Å². The summed E-state index contributed by atoms with van der Waals surface area (Å²) in [5.41, 5.74) is 0. The zero-order valence-corrected chi connectivity index (χ0v) is 35.7. The van der Waals surface area contributed by atoms with Crippen molar-refractivity contribution in [1.29, 1.82) is 0 Å². The SMILES string of the molecule is CCCCCCCCC/C=C/CCCCCC(CC(=O)NC(CO)C(O)CCCCCCCCCCCC)OC(=O)CCCCCCCCCCCC. The zero-order valence-electron chi connectivity index (χ0n) is 35.7. The Balaban J connectivity index is 4.59. The predicted molar refractivity (Wildman–Crippen MR) is 227 cm³/mol. The Kier molecular flexibility index (Phi) is 40.7. The molecule has 0 aliphatic rings. The smallest absolute Gasteiger partial charge is 0.306 e. The molecule has 0 aliphatic heterocycles. The fourth-order valence-corrected chi connectivity index (χ4v) is 7.25. The molecule has 0 aromatic carbocycles. The average molecular weight is 750 g/mol. The van der Waals surface area contributed by atoms with Crippen LogP contribution in [0.2, 0.25) is 0 Å². The van der Waals surface area contributed by atoms with E-state index in [1.54, 1.807) is 0 Å². The van der Waals surface area contributed by atoms with E-state index in [-0.39, 0.29) is 24.9 Å². The number of carbonyl (C=O) groups excluding carboxylic acids is 2. The molecule has 6 nitrogen and oxygen atoms in total. The highest BCUT2D eigenvalue weighted by Gasteiger charge is 2.24. The normalized spacial score (nSPS) is 13.4. The molecule has 0 spiro atoms. The van der Waals surface area contributed by atoms with Crippen LogP contribution in [0.3, 0.4) is 0 Å². The lowest BCUT2D eigenvalue weighted by molar-refractivity contribution is -0.151. The van der Waals surface area contributed by atoms with Crippen molar-refractivity contribution >= 4 is 11.9 Å². The Hall–Kier alpha value is -1.40. The van der Waals surface area contributed by atoms with Crippen LogP contribution in [0.5, 0.6) is 0 Å². The van der Waals surface area contributed by atoms with Crippen LogP contribution in [-0.4, -0.2) is 46.9 Å². The van der Waals surface area contributed by atoms with Crippen molar-refractivity contribution in [2.75, 3.05) is 6.61 Å². The third-order valence-corrected chi connectivity index (χ3v) is 10.8. The molecule has 53 heavy (non-hydrogen) atoms. The van der Waals surface area contributed by atoms with Crippen molar-refractivity contribution in [3.63, 3.8) is 0 Å². The van der Waals surface area contributed by atoms with Crippen LogP contribution in [0.4, 0.5) is 0 Å². The summed E-state index contributed by atoms with van der Waals surface area (Å²) in [5, 5.41) is 23.6. The first-order valence-electron chi connectivity index (χ1n) is 23.4. The van der Waals surface area contributed by atoms with Crippen molar-refractivity contribution in [3.8, 4) is 0 Å². The molecular weight excluding hydrogens is 659 g/mol. The summed E-state index contributed by atoms with van der Waals surface area (Å²) in [6.07, 6.45) is 44.1. The van der Waals surface area contributed by atoms with Crippen LogP contribution in [0.1, 0.15) is 252 Å². The molecule has 0 aliphatic carbocycles. The topological polar surface area (TPSA) is 95.9 Å². The molecule has 0 bridgehead atoms. The highest BCUT2D eigenvalue weighted by molar-refractivity contribution is 5.77. The van der Waals surface area contributed by atoms with Crippen LogP contribution in [-0.2, 0) is 14.3 Å². The summed E-state index contributed by atoms with van der Waals surface area (Å²) >= 11 is 0. The minimum Gasteiger partial charge on any atom is -0.462 e. The molecule has 314 valence electrons. The highest BCUT2D eigenvalue weighted by atomic mass is 16.5. The molecule has 0 fully saturated rings. The van der Waals surface area contributed by atoms with Gasteiger partial charge in [-0.1, -0.05) is 200 Å². The number of carbonyl (C=O) groups is 2. The summed E-state index contributed by atoms with van der Waals surface area (Å²) in [4.78, 5) is 25.9. The maximum atomic E-state index is 13.1. The predicted octanol–water partition coefficient (Wildman–Crippen LogP) is 13.4. The third-order valence-electron chi connectivity index (χ3n) is 10.8. The van der Waals surface area contributed by atoms with Gasteiger partial charge in [0.05, 0.1) is 25.2 Å². The second kappa shape index (κ2) is 41.8. The maximum Gasteiger partial charge on any atom is 0.306 e. The van der Waals surface area contributed by atoms with Gasteiger partial charge in [0, 0.05) is 6.42 Å². The quantitative estimate of drug-likeness (QED) is 0.0328. The Labute approximate surface area is 329 Å². The zero-order chi connectivity index (χ0) is 38.9. The number of hydrogen-bond acceptors (Lipinski definition) is 5. The monoisotopic (exact) mass is 750 g/mol. The number of nitrogens with one attached hydrogen (secondary N) is 1. The number of hydrogen-bond donors (Lipinski definition) is 3. The first-order valence-corrected chi connectivity index (χ1v) is 23.4. The first-order chi connectivity index (χ1) is 26.0. The number of aliphatic hydroxyl groups is 2. The highest BCUT2D eigenvalue weighted by Crippen LogP contribution is 2.17. The molecule has 0 heterocycles. The molecular formula is C47H91NO5. The van der Waals surface area contributed by atoms with Crippen LogP contribution < -0.4 is 5.32 Å². The molecule has 3 unspecified atom stereocenters. The fraction of sp³-hybridized carbons (Fsp3) is 0.915. The van der Waals surface area contributed by atoms with E-state index in [0.717, 1.165) is 57.8 Å². The van der Waals surface area contributed by atoms with Gasteiger partial charge < -0.3 is 20.3 Å². The molecule has 0 aromatic rings. The Morgan fingerprint density at radius 1 is 0.528 bits per heavy atom. The van der Waals surface area contributed by atoms with Crippen molar-refractivity contribution < 1.29 is 24.5 Å². The molecule has 0 radical (unpaired) electrons. The van der Waals surface area contributed by atoms with Gasteiger partial charge in [-0.2, -0.15) is 0 Å². The van der Waals surface area contributed by atoms with E-state index < -0.39 is 18.2 Å². The number of allylic oxidation sites excluding steroid dienone is 2. The summed E-state index contributed by atoms with van der Waals surface area (Å²) in [6, 6.07) is -0.697. The van der Waals surface area contributed by atoms with Gasteiger partial charge in [-0.25, -0.2) is 0 Å². The number of unbranched alkanes of at least 4 members (excludes halogenated alkanes) is 28. The second-order valence-corrected chi connectivity index (χ2v) is 16.2. The van der Waals surface area contributed by atoms with E-state index >= 15 is 0 Å². The molecule has 1 amide bonds. The Bertz CT molecular complexity index is 802. The second-order valence-electron chi connectivity index (χ2n) is 16.2. The van der Waals surface area contributed by atoms with Gasteiger partial charge in [0.1, 0.15) is 6.10 Å². The largest absolute Gasteiger partial charge is 0.462 e. The Morgan fingerprint density at radius 3 is 1.36 bits per heavy atom. The lowest BCUT2D eigenvalue weighted by atomic mass is 10.0. The van der Waals surface area contributed by atoms with E-state index in [0.29, 0.717) is 19.3 Å². The van der Waals surface area contributed by atoms with Gasteiger partial charge in [0.15, 0.2) is 0 Å². The summed E-state index contributed by atoms with van der Waals surface area (Å²) in [7, 11) is 0. The number of esters is 1. The van der Waals surface area contributed by atoms with E-state index in [1.165, 1.54) is 148 Å². The summed E-state index contributed by atoms with van der Waals surface area (Å²) in [5.74, 6) is -0.480. The van der Waals surface area contributed by atoms with Gasteiger partial charge in [-0.3, -0.25) is 9.59 Å². The van der Waals surface area contributed by atoms with Crippen molar-refractivity contribution in [2.45, 2.75) is 270 Å². The van der Waals surface area contributed by atoms with Gasteiger partial charge in [0.25, 0.3) is 0 Å². The molecule has 6 heteroatoms. The third kappa shape index (κ3) is 37.3. The van der Waals surface area contributed by atoms with Gasteiger partial charge in [-0.15, -0.1) is 0 Å². The van der Waals surface area contributed by atoms with Gasteiger partial charge in [-0.05, 0) is 51.4 Å². The minimum atomic E-state index is -0.783. The van der Waals surface area contributed by atoms with E-state index in [9.17, 15) is 19.8 Å². The number of aliphatic hydroxyl groups excluding tert-OH is 2. The average Bonchev–Trinajstić information content (AvgIpc) is 3.15. The van der Waals surface area contributed by atoms with Gasteiger partial charge >= 0.3 is 5.97 Å². The molecule has 0 aromatic heterocycles. The lowest BCUT2D eigenvalue weighted by Gasteiger charge is -2.24. The number of ether oxygens (including phenoxy) is 1. The Morgan fingerprint density at radius 2 is 0.906 bits per heavy atom. The minimum absolute atomic E-state index is 0.0730. The standard InChI is InChI=1S/C47H91NO5/c1-4-7-10-13-16-19-22-23-24-25-26-29-32-35-38-43(53-47(52)40-37-34-31-28-21-18-15-12-9-6-3)41-46(51)48-44(42-49)45(50)39-36-33-30-27-20-17-14-11-8-5-2/h24-25,43-45,49-50H,4-23,26-42H2,1-3H3,(H,48,51)/b25-24+. The summed E-state index contributed by atoms with van der Waals surface area (Å²) < 4.78 is 5.89. The van der Waals surface area contributed by atoms with Crippen LogP contribution in [0.25, 0.3) is 0 Å². The number of amides is 1.